The molecule has 29 heavy (non-hydrogen) atoms. The quantitative estimate of drug-likeness (QED) is 0.500. The first-order valence-electron chi connectivity index (χ1n) is 10.6. The van der Waals surface area contributed by atoms with Gasteiger partial charge in [-0.05, 0) is 57.4 Å². The Labute approximate surface area is 175 Å². The SMILES string of the molecule is CCCN(CCC(CC)Oc1ccc(CC(C)=NC)nn1)Cc1ncccc1C. The average Bonchev–Trinajstić information content (AvgIpc) is 2.73. The predicted molar refractivity (Wildman–Crippen MR) is 119 cm³/mol. The molecular formula is C23H35N5O. The topological polar surface area (TPSA) is 63.5 Å². The lowest BCUT2D eigenvalue weighted by molar-refractivity contribution is 0.148. The van der Waals surface area contributed by atoms with Crippen molar-refractivity contribution >= 4 is 5.71 Å². The van der Waals surface area contributed by atoms with Gasteiger partial charge >= 0.3 is 0 Å². The van der Waals surface area contributed by atoms with Gasteiger partial charge in [-0.3, -0.25) is 14.9 Å². The Morgan fingerprint density at radius 1 is 1.17 bits per heavy atom. The smallest absolute Gasteiger partial charge is 0.233 e. The van der Waals surface area contributed by atoms with Crippen molar-refractivity contribution in [2.24, 2.45) is 4.99 Å². The molecule has 2 aromatic rings. The molecule has 0 saturated heterocycles. The number of hydrogen-bond donors (Lipinski definition) is 0. The maximum atomic E-state index is 6.11. The number of hydrogen-bond acceptors (Lipinski definition) is 6. The molecule has 1 unspecified atom stereocenters. The summed E-state index contributed by atoms with van der Waals surface area (Å²) in [4.78, 5) is 11.2. The zero-order valence-electron chi connectivity index (χ0n) is 18.6. The molecule has 2 aromatic heterocycles. The van der Waals surface area contributed by atoms with Crippen LogP contribution in [0.3, 0.4) is 0 Å². The zero-order chi connectivity index (χ0) is 21.1. The molecule has 0 bridgehead atoms. The molecule has 6 nitrogen and oxygen atoms in total. The lowest BCUT2D eigenvalue weighted by Gasteiger charge is -2.25. The van der Waals surface area contributed by atoms with Crippen molar-refractivity contribution in [3.8, 4) is 5.88 Å². The molecule has 0 fully saturated rings. The number of nitrogens with zero attached hydrogens (tertiary/aromatic N) is 5. The molecule has 0 aliphatic rings. The molecule has 0 spiro atoms. The Bertz CT molecular complexity index is 760. The third-order valence-corrected chi connectivity index (χ3v) is 5.06. The van der Waals surface area contributed by atoms with Crippen molar-refractivity contribution in [1.29, 1.82) is 0 Å². The van der Waals surface area contributed by atoms with Crippen molar-refractivity contribution in [3.63, 3.8) is 0 Å². The zero-order valence-corrected chi connectivity index (χ0v) is 18.6. The molecule has 0 aromatic carbocycles. The monoisotopic (exact) mass is 397 g/mol. The highest BCUT2D eigenvalue weighted by molar-refractivity contribution is 5.83. The maximum Gasteiger partial charge on any atom is 0.233 e. The molecule has 2 rings (SSSR count). The van der Waals surface area contributed by atoms with Crippen LogP contribution in [-0.4, -0.2) is 52.0 Å². The van der Waals surface area contributed by atoms with E-state index in [1.807, 2.05) is 31.3 Å². The van der Waals surface area contributed by atoms with Gasteiger partial charge in [0.15, 0.2) is 0 Å². The summed E-state index contributed by atoms with van der Waals surface area (Å²) in [7, 11) is 1.79. The van der Waals surface area contributed by atoms with E-state index >= 15 is 0 Å². The summed E-state index contributed by atoms with van der Waals surface area (Å²) >= 11 is 0. The fourth-order valence-electron chi connectivity index (χ4n) is 3.17. The van der Waals surface area contributed by atoms with Gasteiger partial charge in [0.2, 0.25) is 5.88 Å². The van der Waals surface area contributed by atoms with Crippen molar-refractivity contribution < 1.29 is 4.74 Å². The minimum absolute atomic E-state index is 0.123. The molecule has 0 aliphatic heterocycles. The molecule has 0 radical (unpaired) electrons. The lowest BCUT2D eigenvalue weighted by atomic mass is 10.1. The molecule has 0 amide bonds. The molecule has 0 N–H and O–H groups in total. The molecule has 1 atom stereocenters. The first kappa shape index (κ1) is 22.9. The van der Waals surface area contributed by atoms with Crippen LogP contribution in [0.15, 0.2) is 35.5 Å². The van der Waals surface area contributed by atoms with Crippen LogP contribution in [-0.2, 0) is 13.0 Å². The predicted octanol–water partition coefficient (Wildman–Crippen LogP) is 4.27. The highest BCUT2D eigenvalue weighted by Gasteiger charge is 2.14. The van der Waals surface area contributed by atoms with Crippen LogP contribution in [0, 0.1) is 6.92 Å². The van der Waals surface area contributed by atoms with E-state index in [-0.39, 0.29) is 6.10 Å². The summed E-state index contributed by atoms with van der Waals surface area (Å²) < 4.78 is 6.11. The van der Waals surface area contributed by atoms with Gasteiger partial charge in [0, 0.05) is 44.5 Å². The van der Waals surface area contributed by atoms with Crippen LogP contribution in [0.25, 0.3) is 0 Å². The van der Waals surface area contributed by atoms with E-state index in [4.69, 9.17) is 4.74 Å². The fourth-order valence-corrected chi connectivity index (χ4v) is 3.17. The number of pyridine rings is 1. The molecule has 0 saturated carbocycles. The second kappa shape index (κ2) is 12.3. The van der Waals surface area contributed by atoms with Gasteiger partial charge in [0.05, 0.1) is 11.4 Å². The van der Waals surface area contributed by atoms with Crippen LogP contribution >= 0.6 is 0 Å². The van der Waals surface area contributed by atoms with Gasteiger partial charge in [0.1, 0.15) is 6.10 Å². The Balaban J connectivity index is 1.91. The third-order valence-electron chi connectivity index (χ3n) is 5.06. The summed E-state index contributed by atoms with van der Waals surface area (Å²) in [6, 6.07) is 8.00. The standard InChI is InChI=1S/C23H35N5O/c1-6-14-28(17-22-18(3)9-8-13-25-22)15-12-21(7-2)29-23-11-10-20(26-27-23)16-19(4)24-5/h8-11,13,21H,6-7,12,14-17H2,1-5H3. The number of aliphatic imine (C=N–C) groups is 1. The molecule has 0 aliphatic carbocycles. The van der Waals surface area contributed by atoms with Crippen LogP contribution < -0.4 is 4.74 Å². The van der Waals surface area contributed by atoms with Crippen molar-refractivity contribution in [2.75, 3.05) is 20.1 Å². The first-order valence-corrected chi connectivity index (χ1v) is 10.6. The summed E-state index contributed by atoms with van der Waals surface area (Å²) in [5.41, 5.74) is 4.35. The van der Waals surface area contributed by atoms with Crippen molar-refractivity contribution in [2.45, 2.75) is 66.0 Å². The summed E-state index contributed by atoms with van der Waals surface area (Å²) in [5.74, 6) is 0.592. The lowest BCUT2D eigenvalue weighted by Crippen LogP contribution is -2.30. The Hall–Kier alpha value is -2.34. The van der Waals surface area contributed by atoms with E-state index in [1.165, 1.54) is 5.56 Å². The minimum atomic E-state index is 0.123. The number of ether oxygens (including phenoxy) is 1. The Morgan fingerprint density at radius 2 is 2.00 bits per heavy atom. The Kier molecular flexibility index (Phi) is 9.71. The molecule has 6 heteroatoms. The van der Waals surface area contributed by atoms with Gasteiger partial charge in [-0.2, -0.15) is 5.10 Å². The first-order chi connectivity index (χ1) is 14.0. The normalized spacial score (nSPS) is 13.0. The number of aromatic nitrogens is 3. The van der Waals surface area contributed by atoms with E-state index in [1.54, 1.807) is 7.05 Å². The highest BCUT2D eigenvalue weighted by Crippen LogP contribution is 2.14. The summed E-state index contributed by atoms with van der Waals surface area (Å²) in [6.45, 7) is 11.4. The van der Waals surface area contributed by atoms with Gasteiger partial charge < -0.3 is 4.74 Å². The van der Waals surface area contributed by atoms with E-state index in [9.17, 15) is 0 Å². The van der Waals surface area contributed by atoms with E-state index in [2.05, 4.69) is 51.9 Å². The van der Waals surface area contributed by atoms with Gasteiger partial charge in [-0.1, -0.05) is 19.9 Å². The number of aryl methyl sites for hydroxylation is 1. The van der Waals surface area contributed by atoms with Gasteiger partial charge in [-0.25, -0.2) is 0 Å². The van der Waals surface area contributed by atoms with E-state index in [0.717, 1.165) is 62.4 Å². The maximum absolute atomic E-state index is 6.11. The molecule has 158 valence electrons. The molecular weight excluding hydrogens is 362 g/mol. The van der Waals surface area contributed by atoms with Crippen LogP contribution in [0.5, 0.6) is 5.88 Å². The highest BCUT2D eigenvalue weighted by atomic mass is 16.5. The summed E-state index contributed by atoms with van der Waals surface area (Å²) in [5, 5.41) is 8.52. The molecule has 2 heterocycles. The van der Waals surface area contributed by atoms with Gasteiger partial charge in [0.25, 0.3) is 0 Å². The van der Waals surface area contributed by atoms with E-state index < -0.39 is 0 Å². The second-order valence-corrected chi connectivity index (χ2v) is 7.48. The van der Waals surface area contributed by atoms with Crippen LogP contribution in [0.1, 0.15) is 57.0 Å². The average molecular weight is 398 g/mol. The Morgan fingerprint density at radius 3 is 2.62 bits per heavy atom. The minimum Gasteiger partial charge on any atom is -0.473 e. The number of rotatable bonds is 12. The fraction of sp³-hybridized carbons (Fsp3) is 0.565. The van der Waals surface area contributed by atoms with Gasteiger partial charge in [-0.15, -0.1) is 5.10 Å². The third kappa shape index (κ3) is 7.89. The van der Waals surface area contributed by atoms with Crippen LogP contribution in [0.2, 0.25) is 0 Å². The van der Waals surface area contributed by atoms with Crippen molar-refractivity contribution in [3.05, 3.63) is 47.4 Å². The summed E-state index contributed by atoms with van der Waals surface area (Å²) in [6.07, 6.45) is 5.73. The largest absolute Gasteiger partial charge is 0.473 e. The second-order valence-electron chi connectivity index (χ2n) is 7.48. The van der Waals surface area contributed by atoms with Crippen LogP contribution in [0.4, 0.5) is 0 Å². The van der Waals surface area contributed by atoms with Crippen molar-refractivity contribution in [1.82, 2.24) is 20.1 Å². The van der Waals surface area contributed by atoms with E-state index in [0.29, 0.717) is 5.88 Å².